The Morgan fingerprint density at radius 2 is 2.00 bits per heavy atom. The zero-order chi connectivity index (χ0) is 15.1. The quantitative estimate of drug-likeness (QED) is 0.800. The lowest BCUT2D eigenvalue weighted by Crippen LogP contribution is -2.27. The minimum atomic E-state index is -0.670. The summed E-state index contributed by atoms with van der Waals surface area (Å²) in [5.41, 5.74) is 1.85. The second-order valence-electron chi connectivity index (χ2n) is 5.65. The van der Waals surface area contributed by atoms with Crippen LogP contribution in [0, 0.1) is 0 Å². The van der Waals surface area contributed by atoms with Gasteiger partial charge in [-0.05, 0) is 31.4 Å². The van der Waals surface area contributed by atoms with Crippen LogP contribution in [-0.4, -0.2) is 29.4 Å². The van der Waals surface area contributed by atoms with Crippen molar-refractivity contribution >= 4 is 0 Å². The molecule has 4 heteroatoms. The van der Waals surface area contributed by atoms with Crippen molar-refractivity contribution < 1.29 is 14.6 Å². The molecule has 118 valence electrons. The van der Waals surface area contributed by atoms with E-state index in [0.717, 1.165) is 49.9 Å². The Kier molecular flexibility index (Phi) is 6.15. The third-order valence-corrected chi connectivity index (χ3v) is 4.04. The predicted octanol–water partition coefficient (Wildman–Crippen LogP) is 3.17. The van der Waals surface area contributed by atoms with Crippen LogP contribution in [0.2, 0.25) is 0 Å². The lowest BCUT2D eigenvalue weighted by molar-refractivity contribution is -0.170. The van der Waals surface area contributed by atoms with E-state index in [1.165, 1.54) is 0 Å². The monoisotopic (exact) mass is 293 g/mol. The number of aryl methyl sites for hydroxylation is 1. The molecule has 1 N–H and O–H groups in total. The molecular weight excluding hydrogens is 266 g/mol. The molecule has 0 unspecified atom stereocenters. The Balaban J connectivity index is 1.97. The smallest absolute Gasteiger partial charge is 0.212 e. The van der Waals surface area contributed by atoms with Crippen molar-refractivity contribution in [3.8, 4) is 0 Å². The first-order valence-electron chi connectivity index (χ1n) is 8.12. The normalized spacial score (nSPS) is 18.8. The molecule has 0 aliphatic carbocycles. The van der Waals surface area contributed by atoms with Crippen LogP contribution in [0.15, 0.2) is 18.2 Å². The molecule has 1 fully saturated rings. The van der Waals surface area contributed by atoms with Crippen LogP contribution in [0.1, 0.15) is 57.3 Å². The van der Waals surface area contributed by atoms with Crippen LogP contribution < -0.4 is 0 Å². The number of hydrogen-bond donors (Lipinski definition) is 1. The summed E-state index contributed by atoms with van der Waals surface area (Å²) < 4.78 is 11.6. The minimum Gasteiger partial charge on any atom is -0.393 e. The first-order chi connectivity index (χ1) is 10.2. The van der Waals surface area contributed by atoms with Crippen LogP contribution >= 0.6 is 0 Å². The van der Waals surface area contributed by atoms with E-state index >= 15 is 0 Å². The van der Waals surface area contributed by atoms with Crippen molar-refractivity contribution in [2.45, 2.75) is 64.3 Å². The van der Waals surface area contributed by atoms with Crippen LogP contribution in [0.25, 0.3) is 0 Å². The first-order valence-corrected chi connectivity index (χ1v) is 8.12. The van der Waals surface area contributed by atoms with Gasteiger partial charge in [-0.2, -0.15) is 0 Å². The average molecular weight is 293 g/mol. The van der Waals surface area contributed by atoms with Crippen LogP contribution in [0.3, 0.4) is 0 Å². The molecule has 1 aromatic rings. The molecule has 2 heterocycles. The molecule has 1 aliphatic heterocycles. The van der Waals surface area contributed by atoms with Crippen molar-refractivity contribution in [1.29, 1.82) is 0 Å². The minimum absolute atomic E-state index is 0.227. The Bertz CT molecular complexity index is 430. The molecule has 0 bridgehead atoms. The summed E-state index contributed by atoms with van der Waals surface area (Å²) in [6, 6.07) is 5.97. The van der Waals surface area contributed by atoms with E-state index < -0.39 is 5.79 Å². The van der Waals surface area contributed by atoms with Crippen molar-refractivity contribution in [1.82, 2.24) is 4.98 Å². The molecule has 0 saturated carbocycles. The number of rotatable bonds is 8. The highest BCUT2D eigenvalue weighted by molar-refractivity contribution is 5.16. The fraction of sp³-hybridized carbons (Fsp3) is 0.706. The fourth-order valence-corrected chi connectivity index (χ4v) is 2.72. The van der Waals surface area contributed by atoms with E-state index in [2.05, 4.69) is 11.9 Å². The van der Waals surface area contributed by atoms with Gasteiger partial charge in [-0.3, -0.25) is 4.98 Å². The lowest BCUT2D eigenvalue weighted by atomic mass is 10.0. The van der Waals surface area contributed by atoms with Gasteiger partial charge in [0.2, 0.25) is 5.79 Å². The number of ether oxygens (including phenoxy) is 2. The van der Waals surface area contributed by atoms with Gasteiger partial charge in [-0.1, -0.05) is 32.8 Å². The van der Waals surface area contributed by atoms with Gasteiger partial charge in [-0.25, -0.2) is 0 Å². The highest BCUT2D eigenvalue weighted by Gasteiger charge is 2.38. The SMILES string of the molecule is CCCC[C@H](O)CCc1cccc(C2(CC)OCCO2)n1. The van der Waals surface area contributed by atoms with E-state index in [-0.39, 0.29) is 6.10 Å². The number of aliphatic hydroxyl groups excluding tert-OH is 1. The van der Waals surface area contributed by atoms with Crippen molar-refractivity contribution in [3.05, 3.63) is 29.6 Å². The van der Waals surface area contributed by atoms with E-state index in [9.17, 15) is 5.11 Å². The molecule has 1 aliphatic rings. The molecule has 1 atom stereocenters. The van der Waals surface area contributed by atoms with Gasteiger partial charge in [0.15, 0.2) is 0 Å². The van der Waals surface area contributed by atoms with Gasteiger partial charge in [0, 0.05) is 12.1 Å². The highest BCUT2D eigenvalue weighted by Crippen LogP contribution is 2.33. The number of aliphatic hydroxyl groups is 1. The molecule has 2 rings (SSSR count). The number of unbranched alkanes of at least 4 members (excludes halogenated alkanes) is 1. The van der Waals surface area contributed by atoms with E-state index in [0.29, 0.717) is 13.2 Å². The highest BCUT2D eigenvalue weighted by atomic mass is 16.7. The third-order valence-electron chi connectivity index (χ3n) is 4.04. The van der Waals surface area contributed by atoms with Gasteiger partial charge in [0.1, 0.15) is 0 Å². The summed E-state index contributed by atoms with van der Waals surface area (Å²) in [5, 5.41) is 9.94. The summed E-state index contributed by atoms with van der Waals surface area (Å²) in [6.07, 6.45) is 5.16. The molecule has 0 spiro atoms. The average Bonchev–Trinajstić information content (AvgIpc) is 3.01. The van der Waals surface area contributed by atoms with Gasteiger partial charge >= 0.3 is 0 Å². The molecular formula is C17H27NO3. The van der Waals surface area contributed by atoms with E-state index in [1.807, 2.05) is 25.1 Å². The summed E-state index contributed by atoms with van der Waals surface area (Å²) in [7, 11) is 0. The maximum absolute atomic E-state index is 9.94. The third kappa shape index (κ3) is 4.25. The molecule has 21 heavy (non-hydrogen) atoms. The fourth-order valence-electron chi connectivity index (χ4n) is 2.72. The number of pyridine rings is 1. The molecule has 0 aromatic carbocycles. The summed E-state index contributed by atoms with van der Waals surface area (Å²) in [6.45, 7) is 5.43. The Morgan fingerprint density at radius 3 is 2.67 bits per heavy atom. The second-order valence-corrected chi connectivity index (χ2v) is 5.65. The van der Waals surface area contributed by atoms with Crippen molar-refractivity contribution in [2.24, 2.45) is 0 Å². The Morgan fingerprint density at radius 1 is 1.24 bits per heavy atom. The predicted molar refractivity (Wildman–Crippen MR) is 82.0 cm³/mol. The number of aromatic nitrogens is 1. The van der Waals surface area contributed by atoms with E-state index in [4.69, 9.17) is 9.47 Å². The maximum Gasteiger partial charge on any atom is 0.212 e. The topological polar surface area (TPSA) is 51.6 Å². The first kappa shape index (κ1) is 16.4. The largest absolute Gasteiger partial charge is 0.393 e. The van der Waals surface area contributed by atoms with Gasteiger partial charge in [0.25, 0.3) is 0 Å². The molecule has 0 amide bonds. The summed E-state index contributed by atoms with van der Waals surface area (Å²) in [5.74, 6) is -0.670. The Hall–Kier alpha value is -0.970. The van der Waals surface area contributed by atoms with E-state index in [1.54, 1.807) is 0 Å². The zero-order valence-electron chi connectivity index (χ0n) is 13.2. The van der Waals surface area contributed by atoms with Gasteiger partial charge in [-0.15, -0.1) is 0 Å². The number of hydrogen-bond acceptors (Lipinski definition) is 4. The van der Waals surface area contributed by atoms with Crippen LogP contribution in [0.4, 0.5) is 0 Å². The van der Waals surface area contributed by atoms with Gasteiger partial charge < -0.3 is 14.6 Å². The van der Waals surface area contributed by atoms with Crippen LogP contribution in [-0.2, 0) is 21.7 Å². The van der Waals surface area contributed by atoms with Gasteiger partial charge in [0.05, 0.1) is 25.0 Å². The molecule has 4 nitrogen and oxygen atoms in total. The van der Waals surface area contributed by atoms with Crippen LogP contribution in [0.5, 0.6) is 0 Å². The standard InChI is InChI=1S/C17H27NO3/c1-3-5-8-15(19)11-10-14-7-6-9-16(18-14)17(4-2)20-12-13-21-17/h6-7,9,15,19H,3-5,8,10-13H2,1-2H3/t15-/m0/s1. The second kappa shape index (κ2) is 7.87. The van der Waals surface area contributed by atoms with Crippen molar-refractivity contribution in [2.75, 3.05) is 13.2 Å². The summed E-state index contributed by atoms with van der Waals surface area (Å²) >= 11 is 0. The number of nitrogens with zero attached hydrogens (tertiary/aromatic N) is 1. The Labute approximate surface area is 127 Å². The summed E-state index contributed by atoms with van der Waals surface area (Å²) in [4.78, 5) is 4.69. The molecule has 1 aromatic heterocycles. The maximum atomic E-state index is 9.94. The lowest BCUT2D eigenvalue weighted by Gasteiger charge is -2.25. The molecule has 0 radical (unpaired) electrons. The zero-order valence-corrected chi connectivity index (χ0v) is 13.2. The van der Waals surface area contributed by atoms with Crippen molar-refractivity contribution in [3.63, 3.8) is 0 Å². The molecule has 1 saturated heterocycles.